The molecule has 0 radical (unpaired) electrons. The van der Waals surface area contributed by atoms with Gasteiger partial charge >= 0.3 is 0 Å². The minimum absolute atomic E-state index is 0.0108. The smallest absolute Gasteiger partial charge is 0.269 e. The van der Waals surface area contributed by atoms with E-state index in [-0.39, 0.29) is 17.5 Å². The van der Waals surface area contributed by atoms with Crippen molar-refractivity contribution in [2.24, 2.45) is 0 Å². The molecular formula is C28H27N5O4S. The maximum absolute atomic E-state index is 12.5. The van der Waals surface area contributed by atoms with E-state index < -0.39 is 4.92 Å². The summed E-state index contributed by atoms with van der Waals surface area (Å²) in [7, 11) is 0. The Morgan fingerprint density at radius 3 is 2.42 bits per heavy atom. The molecule has 4 rings (SSSR count). The van der Waals surface area contributed by atoms with E-state index in [1.165, 1.54) is 18.2 Å². The van der Waals surface area contributed by atoms with E-state index >= 15 is 0 Å². The lowest BCUT2D eigenvalue weighted by molar-refractivity contribution is -0.384. The number of hydrogen-bond donors (Lipinski definition) is 0. The molecule has 0 N–H and O–H groups in total. The zero-order valence-electron chi connectivity index (χ0n) is 21.1. The molecule has 2 aromatic heterocycles. The molecule has 0 fully saturated rings. The fourth-order valence-electron chi connectivity index (χ4n) is 3.64. The van der Waals surface area contributed by atoms with Crippen LogP contribution in [0.25, 0.3) is 17.5 Å². The minimum atomic E-state index is -0.458. The summed E-state index contributed by atoms with van der Waals surface area (Å²) in [5, 5.41) is 20.4. The second-order valence-corrected chi connectivity index (χ2v) is 9.69. The van der Waals surface area contributed by atoms with Crippen LogP contribution in [0.2, 0.25) is 0 Å². The Kier molecular flexibility index (Phi) is 8.99. The molecule has 0 aliphatic heterocycles. The van der Waals surface area contributed by atoms with Crippen molar-refractivity contribution in [2.75, 3.05) is 12.4 Å². The molecule has 0 saturated heterocycles. The lowest BCUT2D eigenvalue weighted by atomic mass is 10.1. The molecular weight excluding hydrogens is 502 g/mol. The number of allylic oxidation sites excluding steroid dienone is 1. The Labute approximate surface area is 224 Å². The van der Waals surface area contributed by atoms with Crippen molar-refractivity contribution in [1.82, 2.24) is 19.7 Å². The third-order valence-corrected chi connectivity index (χ3v) is 6.61. The normalized spacial score (nSPS) is 11.2. The maximum Gasteiger partial charge on any atom is 0.269 e. The lowest BCUT2D eigenvalue weighted by Crippen LogP contribution is -2.06. The standard InChI is InChI=1S/C28H27N5O4S/c1-20(2)32-27(23-14-16-29-17-15-23)30-31-28(32)38-19-3-18-37-25-11-7-22(8-12-25)26(34)13-6-21-4-9-24(10-5-21)33(35)36/h4-17,20H,3,18-19H2,1-2H3/b13-6+. The van der Waals surface area contributed by atoms with Crippen molar-refractivity contribution >= 4 is 29.3 Å². The van der Waals surface area contributed by atoms with E-state index in [9.17, 15) is 14.9 Å². The van der Waals surface area contributed by atoms with Crippen molar-refractivity contribution in [3.8, 4) is 17.1 Å². The van der Waals surface area contributed by atoms with Crippen molar-refractivity contribution < 1.29 is 14.5 Å². The summed E-state index contributed by atoms with van der Waals surface area (Å²) in [4.78, 5) is 26.8. The van der Waals surface area contributed by atoms with Crippen LogP contribution in [0.4, 0.5) is 5.69 Å². The molecule has 0 bridgehead atoms. The number of nitrogens with zero attached hydrogens (tertiary/aromatic N) is 5. The van der Waals surface area contributed by atoms with Gasteiger partial charge in [0.2, 0.25) is 0 Å². The molecule has 10 heteroatoms. The van der Waals surface area contributed by atoms with Gasteiger partial charge in [0.25, 0.3) is 5.69 Å². The summed E-state index contributed by atoms with van der Waals surface area (Å²) >= 11 is 1.65. The fourth-order valence-corrected chi connectivity index (χ4v) is 4.62. The summed E-state index contributed by atoms with van der Waals surface area (Å²) in [5.74, 6) is 2.19. The highest BCUT2D eigenvalue weighted by molar-refractivity contribution is 7.99. The van der Waals surface area contributed by atoms with Crippen molar-refractivity contribution in [3.05, 3.63) is 100 Å². The molecule has 2 heterocycles. The molecule has 194 valence electrons. The molecule has 9 nitrogen and oxygen atoms in total. The van der Waals surface area contributed by atoms with E-state index in [0.717, 1.165) is 28.7 Å². The largest absolute Gasteiger partial charge is 0.494 e. The van der Waals surface area contributed by atoms with Gasteiger partial charge in [-0.05, 0) is 80.4 Å². The number of aromatic nitrogens is 4. The minimum Gasteiger partial charge on any atom is -0.494 e. The highest BCUT2D eigenvalue weighted by Crippen LogP contribution is 2.27. The highest BCUT2D eigenvalue weighted by Gasteiger charge is 2.16. The summed E-state index contributed by atoms with van der Waals surface area (Å²) in [6.07, 6.45) is 7.40. The van der Waals surface area contributed by atoms with Crippen LogP contribution in [0, 0.1) is 10.1 Å². The van der Waals surface area contributed by atoms with Crippen LogP contribution in [-0.4, -0.2) is 42.8 Å². The van der Waals surface area contributed by atoms with Crippen molar-refractivity contribution in [1.29, 1.82) is 0 Å². The summed E-state index contributed by atoms with van der Waals surface area (Å²) in [6, 6.07) is 17.1. The molecule has 0 aliphatic rings. The molecule has 0 atom stereocenters. The zero-order chi connectivity index (χ0) is 26.9. The number of ketones is 1. The third-order valence-electron chi connectivity index (χ3n) is 5.58. The van der Waals surface area contributed by atoms with E-state index in [1.54, 1.807) is 66.6 Å². The van der Waals surface area contributed by atoms with Gasteiger partial charge in [-0.2, -0.15) is 0 Å². The Balaban J connectivity index is 1.24. The quantitative estimate of drug-likeness (QED) is 0.0526. The number of pyridine rings is 1. The number of hydrogen-bond acceptors (Lipinski definition) is 8. The topological polar surface area (TPSA) is 113 Å². The second-order valence-electron chi connectivity index (χ2n) is 8.63. The molecule has 2 aromatic carbocycles. The van der Waals surface area contributed by atoms with Crippen LogP contribution in [-0.2, 0) is 0 Å². The van der Waals surface area contributed by atoms with Gasteiger partial charge in [-0.15, -0.1) is 10.2 Å². The summed E-state index contributed by atoms with van der Waals surface area (Å²) in [5.41, 5.74) is 2.24. The number of thioether (sulfide) groups is 1. The van der Waals surface area contributed by atoms with Gasteiger partial charge in [-0.25, -0.2) is 0 Å². The van der Waals surface area contributed by atoms with Gasteiger partial charge < -0.3 is 4.74 Å². The number of non-ortho nitro benzene ring substituents is 1. The zero-order valence-corrected chi connectivity index (χ0v) is 21.9. The first-order valence-electron chi connectivity index (χ1n) is 12.1. The second kappa shape index (κ2) is 12.8. The van der Waals surface area contributed by atoms with Crippen LogP contribution in [0.5, 0.6) is 5.75 Å². The number of nitro benzene ring substituents is 1. The van der Waals surface area contributed by atoms with Crippen LogP contribution in [0.3, 0.4) is 0 Å². The average Bonchev–Trinajstić information content (AvgIpc) is 3.37. The summed E-state index contributed by atoms with van der Waals surface area (Å²) < 4.78 is 7.97. The van der Waals surface area contributed by atoms with Crippen LogP contribution >= 0.6 is 11.8 Å². The van der Waals surface area contributed by atoms with Gasteiger partial charge in [-0.3, -0.25) is 24.5 Å². The number of nitro groups is 1. The highest BCUT2D eigenvalue weighted by atomic mass is 32.2. The first kappa shape index (κ1) is 26.7. The maximum atomic E-state index is 12.5. The van der Waals surface area contributed by atoms with Gasteiger partial charge in [0, 0.05) is 47.4 Å². The van der Waals surface area contributed by atoms with E-state index in [1.807, 2.05) is 12.1 Å². The molecule has 0 amide bonds. The molecule has 0 unspecified atom stereocenters. The van der Waals surface area contributed by atoms with Gasteiger partial charge in [0.1, 0.15) is 5.75 Å². The van der Waals surface area contributed by atoms with E-state index in [2.05, 4.69) is 33.6 Å². The number of benzene rings is 2. The first-order chi connectivity index (χ1) is 18.4. The lowest BCUT2D eigenvalue weighted by Gasteiger charge is -2.13. The van der Waals surface area contributed by atoms with Gasteiger partial charge in [0.15, 0.2) is 16.8 Å². The molecule has 38 heavy (non-hydrogen) atoms. The number of ether oxygens (including phenoxy) is 1. The third kappa shape index (κ3) is 6.92. The Morgan fingerprint density at radius 2 is 1.76 bits per heavy atom. The SMILES string of the molecule is CC(C)n1c(SCCCOc2ccc(C(=O)/C=C/c3ccc([N+](=O)[O-])cc3)cc2)nnc1-c1ccncc1. The monoisotopic (exact) mass is 529 g/mol. The summed E-state index contributed by atoms with van der Waals surface area (Å²) in [6.45, 7) is 4.76. The Bertz CT molecular complexity index is 1400. The number of carbonyl (C=O) groups excluding carboxylic acids is 1. The van der Waals surface area contributed by atoms with E-state index in [0.29, 0.717) is 23.5 Å². The Morgan fingerprint density at radius 1 is 1.05 bits per heavy atom. The van der Waals surface area contributed by atoms with Crippen molar-refractivity contribution in [3.63, 3.8) is 0 Å². The van der Waals surface area contributed by atoms with Crippen molar-refractivity contribution in [2.45, 2.75) is 31.5 Å². The first-order valence-corrected chi connectivity index (χ1v) is 13.1. The average molecular weight is 530 g/mol. The van der Waals surface area contributed by atoms with Crippen LogP contribution in [0.15, 0.2) is 84.3 Å². The van der Waals surface area contributed by atoms with Gasteiger partial charge in [0.05, 0.1) is 11.5 Å². The predicted octanol–water partition coefficient (Wildman–Crippen LogP) is 6.29. The number of rotatable bonds is 12. The number of carbonyl (C=O) groups is 1. The molecule has 4 aromatic rings. The molecule has 0 saturated carbocycles. The fraction of sp³-hybridized carbons (Fsp3) is 0.214. The van der Waals surface area contributed by atoms with Crippen LogP contribution in [0.1, 0.15) is 42.2 Å². The van der Waals surface area contributed by atoms with Crippen LogP contribution < -0.4 is 4.74 Å². The molecule has 0 spiro atoms. The molecule has 0 aliphatic carbocycles. The van der Waals surface area contributed by atoms with E-state index in [4.69, 9.17) is 4.74 Å². The predicted molar refractivity (Wildman–Crippen MR) is 147 cm³/mol. The Hall–Kier alpha value is -4.31. The van der Waals surface area contributed by atoms with Gasteiger partial charge in [-0.1, -0.05) is 17.8 Å².